The van der Waals surface area contributed by atoms with Crippen molar-refractivity contribution in [2.75, 3.05) is 11.9 Å². The van der Waals surface area contributed by atoms with Crippen LogP contribution in [-0.2, 0) is 4.79 Å². The minimum Gasteiger partial charge on any atom is -0.335 e. The fourth-order valence-electron chi connectivity index (χ4n) is 3.68. The van der Waals surface area contributed by atoms with Crippen LogP contribution < -0.4 is 10.6 Å². The number of rotatable bonds is 3. The summed E-state index contributed by atoms with van der Waals surface area (Å²) < 4.78 is 13.6. The largest absolute Gasteiger partial charge is 0.335 e. The number of anilines is 1. The summed E-state index contributed by atoms with van der Waals surface area (Å²) in [6.45, 7) is 2.26. The first-order valence-corrected chi connectivity index (χ1v) is 9.19. The second-order valence-electron chi connectivity index (χ2n) is 7.09. The number of nitrogens with zero attached hydrogens (tertiary/aromatic N) is 1. The van der Waals surface area contributed by atoms with Crippen LogP contribution in [0.2, 0.25) is 0 Å². The number of halogens is 1. The second kappa shape index (κ2) is 7.85. The summed E-state index contributed by atoms with van der Waals surface area (Å²) in [6, 6.07) is 4.20. The van der Waals surface area contributed by atoms with Gasteiger partial charge in [-0.2, -0.15) is 0 Å². The summed E-state index contributed by atoms with van der Waals surface area (Å²) in [6.07, 6.45) is 6.99. The van der Waals surface area contributed by atoms with Crippen LogP contribution >= 0.6 is 0 Å². The molecular weight excluding hydrogens is 321 g/mol. The smallest absolute Gasteiger partial charge is 0.318 e. The van der Waals surface area contributed by atoms with E-state index in [1.54, 1.807) is 24.0 Å². The van der Waals surface area contributed by atoms with Crippen molar-refractivity contribution in [3.8, 4) is 0 Å². The third kappa shape index (κ3) is 4.30. The number of carbonyl (C=O) groups is 2. The number of carbonyl (C=O) groups excluding carboxylic acids is 2. The van der Waals surface area contributed by atoms with Crippen LogP contribution in [0.25, 0.3) is 0 Å². The van der Waals surface area contributed by atoms with Crippen LogP contribution in [0.1, 0.15) is 50.5 Å². The summed E-state index contributed by atoms with van der Waals surface area (Å²) in [7, 11) is 0. The molecule has 0 unspecified atom stereocenters. The van der Waals surface area contributed by atoms with E-state index in [-0.39, 0.29) is 23.8 Å². The molecule has 1 heterocycles. The molecule has 2 fully saturated rings. The fourth-order valence-corrected chi connectivity index (χ4v) is 3.68. The highest BCUT2D eigenvalue weighted by Crippen LogP contribution is 2.22. The van der Waals surface area contributed by atoms with Gasteiger partial charge in [-0.25, -0.2) is 9.18 Å². The van der Waals surface area contributed by atoms with Gasteiger partial charge in [0.1, 0.15) is 11.9 Å². The molecule has 3 rings (SSSR count). The molecule has 2 aliphatic rings. The van der Waals surface area contributed by atoms with E-state index in [2.05, 4.69) is 10.6 Å². The third-order valence-corrected chi connectivity index (χ3v) is 5.19. The lowest BCUT2D eigenvalue weighted by Gasteiger charge is -2.29. The number of hydrogen-bond donors (Lipinski definition) is 2. The van der Waals surface area contributed by atoms with E-state index in [9.17, 15) is 14.0 Å². The zero-order valence-electron chi connectivity index (χ0n) is 14.7. The van der Waals surface area contributed by atoms with Crippen LogP contribution in [0.3, 0.4) is 0 Å². The van der Waals surface area contributed by atoms with Crippen molar-refractivity contribution in [2.45, 2.75) is 64.0 Å². The van der Waals surface area contributed by atoms with E-state index in [0.29, 0.717) is 24.2 Å². The first kappa shape index (κ1) is 17.7. The number of likely N-dealkylation sites (tertiary alicyclic amines) is 1. The predicted molar refractivity (Wildman–Crippen MR) is 94.9 cm³/mol. The standard InChI is InChI=1S/C19H26FN3O2/c1-13-9-10-15(12-16(13)20)21-18(24)17-8-5-11-23(17)19(25)22-14-6-3-2-4-7-14/h9-10,12,14,17H,2-8,11H2,1H3,(H,21,24)(H,22,25)/t17-/m0/s1. The number of nitrogens with one attached hydrogen (secondary N) is 2. The summed E-state index contributed by atoms with van der Waals surface area (Å²) in [5.74, 6) is -0.601. The SMILES string of the molecule is Cc1ccc(NC(=O)[C@@H]2CCCN2C(=O)NC2CCCCC2)cc1F. The molecule has 1 aromatic rings. The van der Waals surface area contributed by atoms with Gasteiger partial charge in [0.25, 0.3) is 0 Å². The van der Waals surface area contributed by atoms with Gasteiger partial charge in [-0.05, 0) is 50.3 Å². The lowest BCUT2D eigenvalue weighted by atomic mass is 9.96. The van der Waals surface area contributed by atoms with E-state index in [4.69, 9.17) is 0 Å². The van der Waals surface area contributed by atoms with Crippen molar-refractivity contribution in [1.82, 2.24) is 10.2 Å². The maximum absolute atomic E-state index is 13.6. The number of hydrogen-bond acceptors (Lipinski definition) is 2. The molecule has 0 bridgehead atoms. The molecule has 6 heteroatoms. The maximum Gasteiger partial charge on any atom is 0.318 e. The van der Waals surface area contributed by atoms with Gasteiger partial charge in [0.2, 0.25) is 5.91 Å². The Morgan fingerprint density at radius 2 is 1.88 bits per heavy atom. The van der Waals surface area contributed by atoms with Crippen LogP contribution in [0.15, 0.2) is 18.2 Å². The number of benzene rings is 1. The molecule has 1 saturated carbocycles. The van der Waals surface area contributed by atoms with Crippen LogP contribution in [-0.4, -0.2) is 35.5 Å². The van der Waals surface area contributed by atoms with Crippen molar-refractivity contribution < 1.29 is 14.0 Å². The van der Waals surface area contributed by atoms with Gasteiger partial charge in [-0.15, -0.1) is 0 Å². The zero-order chi connectivity index (χ0) is 17.8. The Morgan fingerprint density at radius 3 is 2.60 bits per heavy atom. The molecule has 0 aromatic heterocycles. The summed E-state index contributed by atoms with van der Waals surface area (Å²) >= 11 is 0. The van der Waals surface area contributed by atoms with Gasteiger partial charge in [0, 0.05) is 18.3 Å². The van der Waals surface area contributed by atoms with Gasteiger partial charge < -0.3 is 15.5 Å². The zero-order valence-corrected chi connectivity index (χ0v) is 14.7. The summed E-state index contributed by atoms with van der Waals surface area (Å²) in [4.78, 5) is 26.7. The highest BCUT2D eigenvalue weighted by molar-refractivity contribution is 5.97. The normalized spacial score (nSPS) is 21.2. The molecule has 1 aliphatic carbocycles. The lowest BCUT2D eigenvalue weighted by molar-refractivity contribution is -0.119. The van der Waals surface area contributed by atoms with Gasteiger partial charge in [-0.3, -0.25) is 4.79 Å². The van der Waals surface area contributed by atoms with E-state index >= 15 is 0 Å². The van der Waals surface area contributed by atoms with Crippen LogP contribution in [0, 0.1) is 12.7 Å². The Morgan fingerprint density at radius 1 is 1.12 bits per heavy atom. The van der Waals surface area contributed by atoms with Crippen LogP contribution in [0.4, 0.5) is 14.9 Å². The summed E-state index contributed by atoms with van der Waals surface area (Å²) in [5.41, 5.74) is 0.958. The third-order valence-electron chi connectivity index (χ3n) is 5.19. The van der Waals surface area contributed by atoms with Gasteiger partial charge in [0.05, 0.1) is 0 Å². The Hall–Kier alpha value is -2.11. The van der Waals surface area contributed by atoms with Crippen molar-refractivity contribution in [3.05, 3.63) is 29.6 Å². The van der Waals surface area contributed by atoms with E-state index in [1.165, 1.54) is 12.5 Å². The minimum absolute atomic E-state index is 0.153. The lowest BCUT2D eigenvalue weighted by Crippen LogP contribution is -2.50. The molecule has 0 spiro atoms. The van der Waals surface area contributed by atoms with Gasteiger partial charge in [-0.1, -0.05) is 25.3 Å². The second-order valence-corrected chi connectivity index (χ2v) is 7.09. The minimum atomic E-state index is -0.493. The molecule has 2 N–H and O–H groups in total. The molecule has 1 saturated heterocycles. The van der Waals surface area contributed by atoms with Crippen molar-refractivity contribution >= 4 is 17.6 Å². The predicted octanol–water partition coefficient (Wildman–Crippen LogP) is 3.58. The molecule has 1 aliphatic heterocycles. The molecule has 25 heavy (non-hydrogen) atoms. The molecule has 1 aromatic carbocycles. The molecule has 136 valence electrons. The fraction of sp³-hybridized carbons (Fsp3) is 0.579. The first-order valence-electron chi connectivity index (χ1n) is 9.19. The highest BCUT2D eigenvalue weighted by Gasteiger charge is 2.35. The quantitative estimate of drug-likeness (QED) is 0.878. The Labute approximate surface area is 148 Å². The van der Waals surface area contributed by atoms with E-state index < -0.39 is 6.04 Å². The first-order chi connectivity index (χ1) is 12.0. The molecule has 0 radical (unpaired) electrons. The molecule has 3 amide bonds. The monoisotopic (exact) mass is 347 g/mol. The average Bonchev–Trinajstić information content (AvgIpc) is 3.09. The molecular formula is C19H26FN3O2. The van der Waals surface area contributed by atoms with Crippen molar-refractivity contribution in [3.63, 3.8) is 0 Å². The number of aryl methyl sites for hydroxylation is 1. The van der Waals surface area contributed by atoms with E-state index in [0.717, 1.165) is 32.1 Å². The highest BCUT2D eigenvalue weighted by atomic mass is 19.1. The van der Waals surface area contributed by atoms with Gasteiger partial charge in [0.15, 0.2) is 0 Å². The van der Waals surface area contributed by atoms with Crippen molar-refractivity contribution in [1.29, 1.82) is 0 Å². The Kier molecular flexibility index (Phi) is 5.56. The Balaban J connectivity index is 1.60. The molecule has 1 atom stereocenters. The number of urea groups is 1. The van der Waals surface area contributed by atoms with E-state index in [1.807, 2.05) is 0 Å². The van der Waals surface area contributed by atoms with Crippen molar-refractivity contribution in [2.24, 2.45) is 0 Å². The van der Waals surface area contributed by atoms with Gasteiger partial charge >= 0.3 is 6.03 Å². The summed E-state index contributed by atoms with van der Waals surface area (Å²) in [5, 5.41) is 5.81. The topological polar surface area (TPSA) is 61.4 Å². The van der Waals surface area contributed by atoms with Crippen LogP contribution in [0.5, 0.6) is 0 Å². The average molecular weight is 347 g/mol. The number of amides is 3. The molecule has 5 nitrogen and oxygen atoms in total. The maximum atomic E-state index is 13.6. The Bertz CT molecular complexity index is 644.